The molecule has 0 amide bonds. The lowest BCUT2D eigenvalue weighted by molar-refractivity contribution is -0.137. The molecule has 17 heavy (non-hydrogen) atoms. The summed E-state index contributed by atoms with van der Waals surface area (Å²) in [6.07, 6.45) is 5.32. The van der Waals surface area contributed by atoms with Crippen molar-refractivity contribution in [3.63, 3.8) is 0 Å². The zero-order valence-electron chi connectivity index (χ0n) is 10.1. The Kier molecular flexibility index (Phi) is 1.91. The van der Waals surface area contributed by atoms with Crippen LogP contribution in [-0.4, -0.2) is 28.2 Å². The van der Waals surface area contributed by atoms with E-state index < -0.39 is 5.60 Å². The van der Waals surface area contributed by atoms with Crippen LogP contribution in [0.15, 0.2) is 34.4 Å². The standard InChI is InChI=1S/C14H16O3/c1-8-10-5-9(7-15)6-11(10)12(16)13(2,17)14(8)3-4-14/h5-6,15,17H,3-4,7H2,1-2H3/t13-/m0/s1. The van der Waals surface area contributed by atoms with Gasteiger partial charge >= 0.3 is 0 Å². The van der Waals surface area contributed by atoms with E-state index in [1.807, 2.05) is 13.0 Å². The predicted octanol–water partition coefficient (Wildman–Crippen LogP) is 1.28. The van der Waals surface area contributed by atoms with Gasteiger partial charge in [-0.25, -0.2) is 0 Å². The zero-order chi connectivity index (χ0) is 12.4. The minimum atomic E-state index is -1.29. The van der Waals surface area contributed by atoms with E-state index in [1.54, 1.807) is 13.0 Å². The summed E-state index contributed by atoms with van der Waals surface area (Å²) in [6, 6.07) is 0. The summed E-state index contributed by atoms with van der Waals surface area (Å²) in [5.74, 6) is -0.199. The van der Waals surface area contributed by atoms with E-state index in [2.05, 4.69) is 0 Å². The van der Waals surface area contributed by atoms with Gasteiger partial charge in [0.2, 0.25) is 0 Å². The second-order valence-corrected chi connectivity index (χ2v) is 5.46. The maximum absolute atomic E-state index is 12.3. The monoisotopic (exact) mass is 232 g/mol. The number of allylic oxidation sites excluding steroid dienone is 2. The van der Waals surface area contributed by atoms with Gasteiger partial charge in [0.05, 0.1) is 6.61 Å². The molecule has 0 heterocycles. The molecule has 0 saturated heterocycles. The first kappa shape index (κ1) is 10.9. The van der Waals surface area contributed by atoms with E-state index in [-0.39, 0.29) is 17.8 Å². The maximum Gasteiger partial charge on any atom is 0.195 e. The van der Waals surface area contributed by atoms with Crippen molar-refractivity contribution < 1.29 is 15.0 Å². The van der Waals surface area contributed by atoms with Crippen LogP contribution < -0.4 is 0 Å². The molecule has 1 fully saturated rings. The van der Waals surface area contributed by atoms with Gasteiger partial charge in [0.1, 0.15) is 5.60 Å². The Morgan fingerprint density at radius 3 is 2.53 bits per heavy atom. The molecular weight excluding hydrogens is 216 g/mol. The summed E-state index contributed by atoms with van der Waals surface area (Å²) in [5.41, 5.74) is 1.69. The number of Topliss-reactive ketones (excluding diaryl/α,β-unsaturated/α-hetero) is 1. The van der Waals surface area contributed by atoms with Gasteiger partial charge in [-0.15, -0.1) is 0 Å². The number of aliphatic hydroxyl groups is 2. The minimum absolute atomic E-state index is 0.0668. The highest BCUT2D eigenvalue weighted by molar-refractivity contribution is 6.10. The average molecular weight is 232 g/mol. The predicted molar refractivity (Wildman–Crippen MR) is 63.2 cm³/mol. The summed E-state index contributed by atoms with van der Waals surface area (Å²) in [7, 11) is 0. The SMILES string of the molecule is CC1=C2C=C(CO)C=C2C(=O)[C@](C)(O)C12CC2. The number of hydrogen-bond acceptors (Lipinski definition) is 3. The second-order valence-electron chi connectivity index (χ2n) is 5.46. The van der Waals surface area contributed by atoms with Crippen LogP contribution in [0.25, 0.3) is 0 Å². The van der Waals surface area contributed by atoms with E-state index in [9.17, 15) is 9.90 Å². The van der Waals surface area contributed by atoms with Crippen LogP contribution in [-0.2, 0) is 4.79 Å². The number of carbonyl (C=O) groups excluding carboxylic acids is 1. The Labute approximate surface area is 100 Å². The van der Waals surface area contributed by atoms with Crippen LogP contribution in [0, 0.1) is 5.41 Å². The van der Waals surface area contributed by atoms with Gasteiger partial charge < -0.3 is 10.2 Å². The van der Waals surface area contributed by atoms with Gasteiger partial charge in [-0.2, -0.15) is 0 Å². The van der Waals surface area contributed by atoms with Gasteiger partial charge in [-0.05, 0) is 50.0 Å². The largest absolute Gasteiger partial charge is 0.392 e. The lowest BCUT2D eigenvalue weighted by Crippen LogP contribution is -2.49. The number of hydrogen-bond donors (Lipinski definition) is 2. The molecule has 0 radical (unpaired) electrons. The smallest absolute Gasteiger partial charge is 0.195 e. The van der Waals surface area contributed by atoms with Crippen molar-refractivity contribution in [2.24, 2.45) is 5.41 Å². The van der Waals surface area contributed by atoms with Gasteiger partial charge in [-0.3, -0.25) is 4.79 Å². The van der Waals surface area contributed by atoms with Crippen molar-refractivity contribution in [1.29, 1.82) is 0 Å². The van der Waals surface area contributed by atoms with Crippen molar-refractivity contribution in [3.05, 3.63) is 34.4 Å². The molecule has 3 heteroatoms. The highest BCUT2D eigenvalue weighted by Gasteiger charge is 2.64. The molecule has 1 spiro atoms. The molecule has 3 aliphatic carbocycles. The van der Waals surface area contributed by atoms with Crippen LogP contribution in [0.5, 0.6) is 0 Å². The Hall–Kier alpha value is -1.19. The van der Waals surface area contributed by atoms with Crippen LogP contribution in [0.1, 0.15) is 26.7 Å². The molecule has 90 valence electrons. The molecule has 3 nitrogen and oxygen atoms in total. The average Bonchev–Trinajstić information content (AvgIpc) is 3.00. The van der Waals surface area contributed by atoms with E-state index in [1.165, 1.54) is 0 Å². The Bertz CT molecular complexity index is 514. The third-order valence-electron chi connectivity index (χ3n) is 4.62. The highest BCUT2D eigenvalue weighted by Crippen LogP contribution is 2.64. The van der Waals surface area contributed by atoms with Crippen molar-refractivity contribution >= 4 is 5.78 Å². The minimum Gasteiger partial charge on any atom is -0.392 e. The summed E-state index contributed by atoms with van der Waals surface area (Å²) in [6.45, 7) is 3.55. The fraction of sp³-hybridized carbons (Fsp3) is 0.500. The normalized spacial score (nSPS) is 33.8. The molecule has 0 aliphatic heterocycles. The van der Waals surface area contributed by atoms with E-state index in [0.717, 1.165) is 29.6 Å². The van der Waals surface area contributed by atoms with E-state index in [0.29, 0.717) is 5.57 Å². The summed E-state index contributed by atoms with van der Waals surface area (Å²) in [5, 5.41) is 19.7. The second kappa shape index (κ2) is 2.98. The molecule has 0 bridgehead atoms. The number of rotatable bonds is 1. The van der Waals surface area contributed by atoms with Crippen molar-refractivity contribution in [2.45, 2.75) is 32.3 Å². The maximum atomic E-state index is 12.3. The highest BCUT2D eigenvalue weighted by atomic mass is 16.3. The van der Waals surface area contributed by atoms with Crippen LogP contribution in [0.2, 0.25) is 0 Å². The third kappa shape index (κ3) is 1.11. The van der Waals surface area contributed by atoms with Crippen molar-refractivity contribution in [3.8, 4) is 0 Å². The Morgan fingerprint density at radius 1 is 1.35 bits per heavy atom. The first-order valence-electron chi connectivity index (χ1n) is 5.96. The van der Waals surface area contributed by atoms with E-state index >= 15 is 0 Å². The van der Waals surface area contributed by atoms with Crippen molar-refractivity contribution in [1.82, 2.24) is 0 Å². The van der Waals surface area contributed by atoms with Gasteiger partial charge in [0.25, 0.3) is 0 Å². The first-order valence-corrected chi connectivity index (χ1v) is 5.96. The van der Waals surface area contributed by atoms with Crippen LogP contribution in [0.3, 0.4) is 0 Å². The molecule has 0 aromatic rings. The summed E-state index contributed by atoms with van der Waals surface area (Å²) < 4.78 is 0. The quantitative estimate of drug-likeness (QED) is 0.716. The van der Waals surface area contributed by atoms with Gasteiger partial charge in [0.15, 0.2) is 5.78 Å². The Morgan fingerprint density at radius 2 is 2.00 bits per heavy atom. The van der Waals surface area contributed by atoms with Crippen LogP contribution in [0.4, 0.5) is 0 Å². The number of fused-ring (bicyclic) bond motifs is 1. The molecule has 3 rings (SSSR count). The molecule has 0 unspecified atom stereocenters. The fourth-order valence-electron chi connectivity index (χ4n) is 3.25. The van der Waals surface area contributed by atoms with Crippen molar-refractivity contribution in [2.75, 3.05) is 6.61 Å². The number of carbonyl (C=O) groups is 1. The summed E-state index contributed by atoms with van der Waals surface area (Å²) in [4.78, 5) is 12.3. The van der Waals surface area contributed by atoms with Crippen LogP contribution >= 0.6 is 0 Å². The molecule has 1 atom stereocenters. The number of aliphatic hydroxyl groups excluding tert-OH is 1. The van der Waals surface area contributed by atoms with Gasteiger partial charge in [0, 0.05) is 11.0 Å². The lowest BCUT2D eigenvalue weighted by atomic mass is 9.68. The topological polar surface area (TPSA) is 57.5 Å². The first-order chi connectivity index (χ1) is 7.94. The molecule has 0 aromatic heterocycles. The zero-order valence-corrected chi connectivity index (χ0v) is 10.1. The van der Waals surface area contributed by atoms with Gasteiger partial charge in [-0.1, -0.05) is 5.57 Å². The molecule has 2 N–H and O–H groups in total. The molecule has 1 saturated carbocycles. The third-order valence-corrected chi connectivity index (χ3v) is 4.62. The summed E-state index contributed by atoms with van der Waals surface area (Å²) >= 11 is 0. The molecule has 0 aromatic carbocycles. The number of ketones is 1. The van der Waals surface area contributed by atoms with E-state index in [4.69, 9.17) is 5.11 Å². The lowest BCUT2D eigenvalue weighted by Gasteiger charge is -2.38. The fourth-order valence-corrected chi connectivity index (χ4v) is 3.25. The molecular formula is C14H16O3. The molecule has 3 aliphatic rings. The Balaban J connectivity index is 2.23.